The molecular weight excluding hydrogens is 314 g/mol. The zero-order valence-corrected chi connectivity index (χ0v) is 15.1. The zero-order chi connectivity index (χ0) is 16.9. The molecule has 1 heterocycles. The number of rotatable bonds is 4. The van der Waals surface area contributed by atoms with E-state index in [0.29, 0.717) is 5.75 Å². The van der Waals surface area contributed by atoms with Gasteiger partial charge < -0.3 is 10.0 Å². The molecule has 2 aromatic carbocycles. The highest BCUT2D eigenvalue weighted by Crippen LogP contribution is 2.24. The number of hydrogen-bond acceptors (Lipinski definition) is 2. The number of hydrogen-bond donors (Lipinski definition) is 1. The van der Waals surface area contributed by atoms with Crippen molar-refractivity contribution in [2.75, 3.05) is 6.54 Å². The molecule has 126 valence electrons. The Balaban J connectivity index is 1.55. The highest BCUT2D eigenvalue weighted by molar-refractivity contribution is 7.80. The van der Waals surface area contributed by atoms with E-state index in [4.69, 9.17) is 12.2 Å². The summed E-state index contributed by atoms with van der Waals surface area (Å²) in [7, 11) is 0. The fourth-order valence-electron chi connectivity index (χ4n) is 3.32. The fraction of sp³-hybridized carbons (Fsp3) is 0.381. The molecule has 1 aliphatic rings. The minimum Gasteiger partial charge on any atom is -0.508 e. The lowest BCUT2D eigenvalue weighted by molar-refractivity contribution is 0.413. The van der Waals surface area contributed by atoms with Gasteiger partial charge in [-0.2, -0.15) is 0 Å². The van der Waals surface area contributed by atoms with E-state index in [1.807, 2.05) is 6.07 Å². The predicted octanol–water partition coefficient (Wildman–Crippen LogP) is 4.80. The smallest absolute Gasteiger partial charge is 0.115 e. The summed E-state index contributed by atoms with van der Waals surface area (Å²) in [5.74, 6) is 0.348. The van der Waals surface area contributed by atoms with E-state index < -0.39 is 0 Å². The van der Waals surface area contributed by atoms with E-state index in [2.05, 4.69) is 42.2 Å². The molecule has 0 aromatic heterocycles. The molecule has 0 radical (unpaired) electrons. The molecule has 3 rings (SSSR count). The first-order chi connectivity index (χ1) is 11.6. The Morgan fingerprint density at radius 3 is 2.71 bits per heavy atom. The quantitative estimate of drug-likeness (QED) is 0.810. The van der Waals surface area contributed by atoms with Crippen LogP contribution in [0.3, 0.4) is 0 Å². The number of aromatic hydroxyl groups is 1. The number of fused-ring (bicyclic) bond motifs is 1. The molecular formula is C21H25NOS. The van der Waals surface area contributed by atoms with Gasteiger partial charge in [0.2, 0.25) is 0 Å². The third-order valence-electron chi connectivity index (χ3n) is 4.75. The van der Waals surface area contributed by atoms with E-state index in [1.54, 1.807) is 6.07 Å². The Kier molecular flexibility index (Phi) is 5.52. The first-order valence-corrected chi connectivity index (χ1v) is 9.17. The monoisotopic (exact) mass is 339 g/mol. The van der Waals surface area contributed by atoms with E-state index in [9.17, 15) is 5.11 Å². The molecule has 1 N–H and O–H groups in total. The molecule has 0 fully saturated rings. The van der Waals surface area contributed by atoms with Gasteiger partial charge in [0.05, 0.1) is 4.99 Å². The van der Waals surface area contributed by atoms with Gasteiger partial charge in [0, 0.05) is 13.1 Å². The van der Waals surface area contributed by atoms with Gasteiger partial charge in [0.1, 0.15) is 5.75 Å². The Morgan fingerprint density at radius 1 is 1.12 bits per heavy atom. The van der Waals surface area contributed by atoms with Crippen LogP contribution in [0.2, 0.25) is 0 Å². The number of nitrogens with zero attached hydrogens (tertiary/aromatic N) is 1. The van der Waals surface area contributed by atoms with E-state index in [1.165, 1.54) is 22.3 Å². The lowest BCUT2D eigenvalue weighted by Gasteiger charge is -2.24. The molecule has 0 saturated carbocycles. The van der Waals surface area contributed by atoms with Crippen molar-refractivity contribution in [3.8, 4) is 5.75 Å². The summed E-state index contributed by atoms with van der Waals surface area (Å²) in [5, 5.41) is 9.74. The Bertz CT molecular complexity index is 708. The van der Waals surface area contributed by atoms with Crippen LogP contribution in [0.1, 0.15) is 41.5 Å². The number of phenolic OH excluding ortho intramolecular Hbond substituents is 1. The SMILES string of the molecule is Cc1ccc(CCCC(=S)N2CCCc3ccc(O)cc3C2)cc1. The van der Waals surface area contributed by atoms with Gasteiger partial charge in [0.25, 0.3) is 0 Å². The summed E-state index contributed by atoms with van der Waals surface area (Å²) >= 11 is 5.70. The van der Waals surface area contributed by atoms with Crippen LogP contribution in [-0.2, 0) is 19.4 Å². The third-order valence-corrected chi connectivity index (χ3v) is 5.22. The highest BCUT2D eigenvalue weighted by atomic mass is 32.1. The Morgan fingerprint density at radius 2 is 1.92 bits per heavy atom. The maximum atomic E-state index is 9.74. The Labute approximate surface area is 150 Å². The second kappa shape index (κ2) is 7.80. The van der Waals surface area contributed by atoms with Gasteiger partial charge in [-0.25, -0.2) is 0 Å². The van der Waals surface area contributed by atoms with Crippen LogP contribution in [0.15, 0.2) is 42.5 Å². The summed E-state index contributed by atoms with van der Waals surface area (Å²) in [6, 6.07) is 14.5. The molecule has 24 heavy (non-hydrogen) atoms. The second-order valence-corrected chi connectivity index (χ2v) is 7.18. The molecule has 1 aliphatic heterocycles. The lowest BCUT2D eigenvalue weighted by atomic mass is 10.0. The van der Waals surface area contributed by atoms with Crippen LogP contribution in [0, 0.1) is 6.92 Å². The topological polar surface area (TPSA) is 23.5 Å². The van der Waals surface area contributed by atoms with Crippen molar-refractivity contribution in [2.24, 2.45) is 0 Å². The van der Waals surface area contributed by atoms with E-state index >= 15 is 0 Å². The molecule has 2 nitrogen and oxygen atoms in total. The Hall–Kier alpha value is -1.87. The van der Waals surface area contributed by atoms with Crippen molar-refractivity contribution in [3.05, 3.63) is 64.7 Å². The number of thiocarbonyl (C=S) groups is 1. The van der Waals surface area contributed by atoms with Crippen LogP contribution in [0.25, 0.3) is 0 Å². The third kappa shape index (κ3) is 4.35. The summed E-state index contributed by atoms with van der Waals surface area (Å²) in [6.07, 6.45) is 5.31. The lowest BCUT2D eigenvalue weighted by Crippen LogP contribution is -2.29. The van der Waals surface area contributed by atoms with Crippen molar-refractivity contribution in [2.45, 2.75) is 45.6 Å². The minimum absolute atomic E-state index is 0.348. The maximum Gasteiger partial charge on any atom is 0.115 e. The van der Waals surface area contributed by atoms with Crippen molar-refractivity contribution in [3.63, 3.8) is 0 Å². The average Bonchev–Trinajstić information content (AvgIpc) is 2.78. The van der Waals surface area contributed by atoms with Crippen LogP contribution in [0.5, 0.6) is 5.75 Å². The molecule has 0 aliphatic carbocycles. The van der Waals surface area contributed by atoms with Crippen LogP contribution in [-0.4, -0.2) is 21.5 Å². The first-order valence-electron chi connectivity index (χ1n) is 8.76. The molecule has 0 spiro atoms. The van der Waals surface area contributed by atoms with Crippen molar-refractivity contribution < 1.29 is 5.11 Å². The second-order valence-electron chi connectivity index (χ2n) is 6.71. The van der Waals surface area contributed by atoms with Gasteiger partial charge in [-0.1, -0.05) is 48.1 Å². The standard InChI is InChI=1S/C21H25NOS/c1-16-7-9-17(10-8-16)4-2-6-21(24)22-13-3-5-18-11-12-20(23)14-19(18)15-22/h7-12,14,23H,2-6,13,15H2,1H3. The first kappa shape index (κ1) is 17.0. The predicted molar refractivity (Wildman–Crippen MR) is 104 cm³/mol. The summed E-state index contributed by atoms with van der Waals surface area (Å²) < 4.78 is 0. The molecule has 2 aromatic rings. The van der Waals surface area contributed by atoms with Crippen molar-refractivity contribution in [1.82, 2.24) is 4.90 Å². The highest BCUT2D eigenvalue weighted by Gasteiger charge is 2.16. The average molecular weight is 340 g/mol. The number of phenols is 1. The number of benzene rings is 2. The van der Waals surface area contributed by atoms with Gasteiger partial charge in [-0.15, -0.1) is 0 Å². The zero-order valence-electron chi connectivity index (χ0n) is 14.3. The van der Waals surface area contributed by atoms with Gasteiger partial charge in [-0.05, 0) is 67.9 Å². The van der Waals surface area contributed by atoms with E-state index in [-0.39, 0.29) is 0 Å². The number of aryl methyl sites for hydroxylation is 3. The summed E-state index contributed by atoms with van der Waals surface area (Å²) in [5.41, 5.74) is 5.25. The van der Waals surface area contributed by atoms with Crippen LogP contribution >= 0.6 is 12.2 Å². The molecule has 0 unspecified atom stereocenters. The molecule has 0 amide bonds. The maximum absolute atomic E-state index is 9.74. The molecule has 3 heteroatoms. The molecule has 0 atom stereocenters. The molecule has 0 bridgehead atoms. The normalized spacial score (nSPS) is 14.1. The van der Waals surface area contributed by atoms with Gasteiger partial charge in [0.15, 0.2) is 0 Å². The molecule has 0 saturated heterocycles. The summed E-state index contributed by atoms with van der Waals surface area (Å²) in [4.78, 5) is 3.37. The van der Waals surface area contributed by atoms with Crippen molar-refractivity contribution >= 4 is 17.2 Å². The summed E-state index contributed by atoms with van der Waals surface area (Å²) in [6.45, 7) is 3.96. The van der Waals surface area contributed by atoms with Gasteiger partial charge >= 0.3 is 0 Å². The minimum atomic E-state index is 0.348. The van der Waals surface area contributed by atoms with E-state index in [0.717, 1.165) is 50.2 Å². The van der Waals surface area contributed by atoms with Crippen molar-refractivity contribution in [1.29, 1.82) is 0 Å². The van der Waals surface area contributed by atoms with Gasteiger partial charge in [-0.3, -0.25) is 0 Å². The van der Waals surface area contributed by atoms with Crippen LogP contribution in [0.4, 0.5) is 0 Å². The van der Waals surface area contributed by atoms with Crippen LogP contribution < -0.4 is 0 Å². The largest absolute Gasteiger partial charge is 0.508 e. The fourth-order valence-corrected chi connectivity index (χ4v) is 3.62.